The smallest absolute Gasteiger partial charge is 0.00729 e. The van der Waals surface area contributed by atoms with E-state index in [-0.39, 0.29) is 0 Å². The standard InChI is InChI=1S/C7H13N/c1-5-6-2-3-7(4-6)8-5/h5-8H,2-4H2,1H3/t5?,6?,7-/m0/s1. The van der Waals surface area contributed by atoms with E-state index < -0.39 is 0 Å². The second-order valence-corrected chi connectivity index (χ2v) is 3.23. The lowest BCUT2D eigenvalue weighted by atomic mass is 10.0. The first-order chi connectivity index (χ1) is 3.86. The van der Waals surface area contributed by atoms with Crippen LogP contribution in [0.15, 0.2) is 0 Å². The van der Waals surface area contributed by atoms with Crippen molar-refractivity contribution in [3.63, 3.8) is 0 Å². The van der Waals surface area contributed by atoms with Crippen LogP contribution in [-0.4, -0.2) is 12.1 Å². The molecule has 1 saturated carbocycles. The van der Waals surface area contributed by atoms with Gasteiger partial charge in [-0.25, -0.2) is 0 Å². The topological polar surface area (TPSA) is 12.0 Å². The van der Waals surface area contributed by atoms with Crippen LogP contribution >= 0.6 is 0 Å². The van der Waals surface area contributed by atoms with E-state index in [2.05, 4.69) is 12.2 Å². The summed E-state index contributed by atoms with van der Waals surface area (Å²) in [5, 5.41) is 3.55. The van der Waals surface area contributed by atoms with Crippen LogP contribution in [0.5, 0.6) is 0 Å². The van der Waals surface area contributed by atoms with Crippen LogP contribution in [0.3, 0.4) is 0 Å². The molecule has 2 unspecified atom stereocenters. The molecule has 8 heavy (non-hydrogen) atoms. The summed E-state index contributed by atoms with van der Waals surface area (Å²) in [5.41, 5.74) is 0. The summed E-state index contributed by atoms with van der Waals surface area (Å²) >= 11 is 0. The Kier molecular flexibility index (Phi) is 0.884. The molecule has 0 aromatic carbocycles. The molecule has 46 valence electrons. The summed E-state index contributed by atoms with van der Waals surface area (Å²) in [6, 6.07) is 1.73. The van der Waals surface area contributed by atoms with Gasteiger partial charge >= 0.3 is 0 Å². The summed E-state index contributed by atoms with van der Waals surface area (Å²) in [5.74, 6) is 1.03. The first kappa shape index (κ1) is 4.80. The molecule has 0 aromatic rings. The Labute approximate surface area is 50.5 Å². The van der Waals surface area contributed by atoms with Crippen LogP contribution in [0.4, 0.5) is 0 Å². The zero-order chi connectivity index (χ0) is 5.56. The second-order valence-electron chi connectivity index (χ2n) is 3.23. The van der Waals surface area contributed by atoms with E-state index in [0.717, 1.165) is 18.0 Å². The molecule has 1 N–H and O–H groups in total. The summed E-state index contributed by atoms with van der Waals surface area (Å²) in [6.07, 6.45) is 4.38. The van der Waals surface area contributed by atoms with Crippen molar-refractivity contribution in [2.45, 2.75) is 38.3 Å². The largest absolute Gasteiger partial charge is 0.311 e. The molecule has 2 bridgehead atoms. The Hall–Kier alpha value is -0.0400. The van der Waals surface area contributed by atoms with Gasteiger partial charge in [-0.05, 0) is 32.1 Å². The lowest BCUT2D eigenvalue weighted by molar-refractivity contribution is 0.405. The van der Waals surface area contributed by atoms with Crippen molar-refractivity contribution in [3.8, 4) is 0 Å². The SMILES string of the molecule is CC1N[C@H]2CCC1C2. The van der Waals surface area contributed by atoms with Gasteiger partial charge in [-0.3, -0.25) is 0 Å². The van der Waals surface area contributed by atoms with Crippen molar-refractivity contribution >= 4 is 0 Å². The van der Waals surface area contributed by atoms with Gasteiger partial charge in [-0.2, -0.15) is 0 Å². The first-order valence-corrected chi connectivity index (χ1v) is 3.62. The maximum Gasteiger partial charge on any atom is 0.00729 e. The molecular weight excluding hydrogens is 98.1 g/mol. The average Bonchev–Trinajstić information content (AvgIpc) is 2.23. The maximum absolute atomic E-state index is 3.55. The van der Waals surface area contributed by atoms with Crippen molar-refractivity contribution in [1.29, 1.82) is 0 Å². The van der Waals surface area contributed by atoms with Crippen LogP contribution in [0.25, 0.3) is 0 Å². The van der Waals surface area contributed by atoms with Gasteiger partial charge in [0.05, 0.1) is 0 Å². The van der Waals surface area contributed by atoms with E-state index in [1.54, 1.807) is 0 Å². The molecule has 2 rings (SSSR count). The van der Waals surface area contributed by atoms with Crippen molar-refractivity contribution in [2.24, 2.45) is 5.92 Å². The van der Waals surface area contributed by atoms with Crippen LogP contribution in [0.2, 0.25) is 0 Å². The highest BCUT2D eigenvalue weighted by Gasteiger charge is 2.35. The van der Waals surface area contributed by atoms with E-state index >= 15 is 0 Å². The molecule has 0 aromatic heterocycles. The zero-order valence-electron chi connectivity index (χ0n) is 5.35. The minimum Gasteiger partial charge on any atom is -0.311 e. The average molecular weight is 111 g/mol. The Morgan fingerprint density at radius 2 is 2.25 bits per heavy atom. The highest BCUT2D eigenvalue weighted by molar-refractivity contribution is 4.94. The Balaban J connectivity index is 2.11. The van der Waals surface area contributed by atoms with Crippen molar-refractivity contribution in [2.75, 3.05) is 0 Å². The molecule has 3 atom stereocenters. The molecule has 2 aliphatic rings. The maximum atomic E-state index is 3.55. The molecule has 1 heterocycles. The number of rotatable bonds is 0. The number of nitrogens with one attached hydrogen (secondary N) is 1. The second kappa shape index (κ2) is 1.47. The number of piperidine rings is 1. The number of hydrogen-bond donors (Lipinski definition) is 1. The molecule has 1 aliphatic heterocycles. The molecule has 1 nitrogen and oxygen atoms in total. The number of fused-ring (bicyclic) bond motifs is 2. The van der Waals surface area contributed by atoms with Gasteiger partial charge < -0.3 is 5.32 Å². The zero-order valence-corrected chi connectivity index (χ0v) is 5.35. The molecular formula is C7H13N. The lowest BCUT2D eigenvalue weighted by Crippen LogP contribution is -2.32. The number of hydrogen-bond acceptors (Lipinski definition) is 1. The van der Waals surface area contributed by atoms with Gasteiger partial charge in [0.1, 0.15) is 0 Å². The van der Waals surface area contributed by atoms with Crippen molar-refractivity contribution in [3.05, 3.63) is 0 Å². The minimum atomic E-state index is 0.828. The van der Waals surface area contributed by atoms with E-state index in [4.69, 9.17) is 0 Å². The molecule has 0 spiro atoms. The summed E-state index contributed by atoms with van der Waals surface area (Å²) in [4.78, 5) is 0. The molecule has 2 fully saturated rings. The van der Waals surface area contributed by atoms with Crippen LogP contribution in [0.1, 0.15) is 26.2 Å². The van der Waals surface area contributed by atoms with Crippen molar-refractivity contribution in [1.82, 2.24) is 5.32 Å². The van der Waals surface area contributed by atoms with E-state index in [9.17, 15) is 0 Å². The van der Waals surface area contributed by atoms with Crippen molar-refractivity contribution < 1.29 is 0 Å². The van der Waals surface area contributed by atoms with Gasteiger partial charge in [0.2, 0.25) is 0 Å². The quantitative estimate of drug-likeness (QED) is 0.494. The van der Waals surface area contributed by atoms with Gasteiger partial charge in [-0.15, -0.1) is 0 Å². The molecule has 1 aliphatic carbocycles. The summed E-state index contributed by atoms with van der Waals surface area (Å²) in [7, 11) is 0. The van der Waals surface area contributed by atoms with Crippen LogP contribution in [-0.2, 0) is 0 Å². The highest BCUT2D eigenvalue weighted by Crippen LogP contribution is 2.34. The van der Waals surface area contributed by atoms with E-state index in [1.165, 1.54) is 19.3 Å². The third-order valence-electron chi connectivity index (χ3n) is 2.68. The van der Waals surface area contributed by atoms with Gasteiger partial charge in [-0.1, -0.05) is 0 Å². The lowest BCUT2D eigenvalue weighted by Gasteiger charge is -2.17. The third-order valence-corrected chi connectivity index (χ3v) is 2.68. The highest BCUT2D eigenvalue weighted by atomic mass is 15.0. The Bertz CT molecular complexity index is 98.6. The predicted molar refractivity (Wildman–Crippen MR) is 33.7 cm³/mol. The molecule has 0 radical (unpaired) electrons. The molecule has 1 heteroatoms. The van der Waals surface area contributed by atoms with Crippen LogP contribution < -0.4 is 5.32 Å². The fraction of sp³-hybridized carbons (Fsp3) is 1.00. The Morgan fingerprint density at radius 3 is 2.50 bits per heavy atom. The minimum absolute atomic E-state index is 0.828. The Morgan fingerprint density at radius 1 is 1.38 bits per heavy atom. The normalized spacial score (nSPS) is 52.9. The fourth-order valence-electron chi connectivity index (χ4n) is 2.13. The first-order valence-electron chi connectivity index (χ1n) is 3.62. The summed E-state index contributed by atoms with van der Waals surface area (Å²) < 4.78 is 0. The summed E-state index contributed by atoms with van der Waals surface area (Å²) in [6.45, 7) is 2.31. The monoisotopic (exact) mass is 111 g/mol. The fourth-order valence-corrected chi connectivity index (χ4v) is 2.13. The van der Waals surface area contributed by atoms with E-state index in [0.29, 0.717) is 0 Å². The van der Waals surface area contributed by atoms with E-state index in [1.807, 2.05) is 0 Å². The van der Waals surface area contributed by atoms with Gasteiger partial charge in [0, 0.05) is 12.1 Å². The molecule has 0 amide bonds. The van der Waals surface area contributed by atoms with Crippen LogP contribution in [0, 0.1) is 5.92 Å². The third kappa shape index (κ3) is 0.510. The molecule has 1 saturated heterocycles. The van der Waals surface area contributed by atoms with Gasteiger partial charge in [0.15, 0.2) is 0 Å². The predicted octanol–water partition coefficient (Wildman–Crippen LogP) is 1.15. The van der Waals surface area contributed by atoms with Gasteiger partial charge in [0.25, 0.3) is 0 Å².